The van der Waals surface area contributed by atoms with Crippen LogP contribution in [0.3, 0.4) is 0 Å². The molecule has 13 rings (SSSR count). The van der Waals surface area contributed by atoms with Crippen LogP contribution in [0.15, 0.2) is 85.5 Å². The zero-order chi connectivity index (χ0) is 60.5. The number of nitrogens with zero attached hydrogens (tertiary/aromatic N) is 4. The first-order valence-corrected chi connectivity index (χ1v) is 29.8. The van der Waals surface area contributed by atoms with E-state index in [0.29, 0.717) is 62.6 Å². The topological polar surface area (TPSA) is 149 Å². The van der Waals surface area contributed by atoms with Gasteiger partial charge in [0.1, 0.15) is 0 Å². The minimum Gasteiger partial charge on any atom is -0.405 e. The van der Waals surface area contributed by atoms with E-state index in [0.717, 1.165) is 54.7 Å². The Bertz CT molecular complexity index is 3390. The van der Waals surface area contributed by atoms with Crippen molar-refractivity contribution in [3.05, 3.63) is 114 Å². The lowest BCUT2D eigenvalue weighted by atomic mass is 9.49. The van der Waals surface area contributed by atoms with Gasteiger partial charge in [0, 0.05) is 64.6 Å². The second-order valence-corrected chi connectivity index (χ2v) is 27.8. The number of carbonyl (C=O) groups is 2. The third-order valence-electron chi connectivity index (χ3n) is 20.6. The Morgan fingerprint density at radius 3 is 1.17 bits per heavy atom. The summed E-state index contributed by atoms with van der Waals surface area (Å²) in [5, 5.41) is 6.66. The van der Waals surface area contributed by atoms with Gasteiger partial charge in [0.25, 0.3) is 0 Å². The van der Waals surface area contributed by atoms with Crippen LogP contribution in [0, 0.1) is 70.6 Å². The number of hydrogen-bond donors (Lipinski definition) is 2. The number of rotatable bonds is 10. The Balaban J connectivity index is 0.000000140. The monoisotopic (exact) mass is 1180 g/mol. The number of benzene rings is 4. The van der Waals surface area contributed by atoms with Crippen LogP contribution >= 0.6 is 11.6 Å². The molecule has 4 unspecified atom stereocenters. The van der Waals surface area contributed by atoms with Crippen LogP contribution in [-0.2, 0) is 37.5 Å². The smallest absolute Gasteiger partial charge is 0.405 e. The fraction of sp³-hybridized carbons (Fsp3) is 0.548. The fourth-order valence-electron chi connectivity index (χ4n) is 13.4. The maximum atomic E-state index is 13.8. The minimum atomic E-state index is -0.880. The van der Waals surface area contributed by atoms with Crippen molar-refractivity contribution >= 4 is 83.5 Å². The van der Waals surface area contributed by atoms with Gasteiger partial charge in [0.15, 0.2) is 23.3 Å². The number of hydrogen-bond acceptors (Lipinski definition) is 10. The van der Waals surface area contributed by atoms with Crippen LogP contribution in [0.5, 0.6) is 0 Å². The predicted octanol–water partition coefficient (Wildman–Crippen LogP) is 12.8. The van der Waals surface area contributed by atoms with Crippen molar-refractivity contribution in [2.75, 3.05) is 10.6 Å². The van der Waals surface area contributed by atoms with E-state index in [2.05, 4.69) is 20.6 Å². The van der Waals surface area contributed by atoms with Gasteiger partial charge in [0.2, 0.25) is 11.8 Å². The first kappa shape index (κ1) is 60.4. The second kappa shape index (κ2) is 21.5. The van der Waals surface area contributed by atoms with Crippen LogP contribution < -0.4 is 16.1 Å². The van der Waals surface area contributed by atoms with Gasteiger partial charge in [-0.05, 0) is 186 Å². The molecule has 4 aliphatic carbocycles. The second-order valence-electron chi connectivity index (χ2n) is 27.4. The Morgan fingerprint density at radius 1 is 0.512 bits per heavy atom. The number of carbonyl (C=O) groups excluding carboxylic acids is 2. The molecule has 3 aliphatic heterocycles. The van der Waals surface area contributed by atoms with Crippen LogP contribution in [0.25, 0.3) is 22.1 Å². The molecule has 84 heavy (non-hydrogen) atoms. The quantitative estimate of drug-likeness (QED) is 0.100. The van der Waals surface area contributed by atoms with E-state index >= 15 is 0 Å². The normalized spacial score (nSPS) is 28.4. The molecule has 22 heteroatoms. The van der Waals surface area contributed by atoms with E-state index in [1.165, 1.54) is 12.1 Å². The maximum absolute atomic E-state index is 13.8. The summed E-state index contributed by atoms with van der Waals surface area (Å²) in [6.07, 6.45) is 7.04. The van der Waals surface area contributed by atoms with Crippen molar-refractivity contribution in [3.63, 3.8) is 0 Å². The predicted molar refractivity (Wildman–Crippen MR) is 318 cm³/mol. The highest BCUT2D eigenvalue weighted by Gasteiger charge is 2.64. The lowest BCUT2D eigenvalue weighted by Gasteiger charge is -2.32. The molecule has 2 amide bonds. The average Bonchev–Trinajstić information content (AvgIpc) is 1.66. The number of halogens is 5. The molecule has 2 aromatic heterocycles. The molecule has 6 aromatic rings. The highest BCUT2D eigenvalue weighted by molar-refractivity contribution is 7.11. The van der Waals surface area contributed by atoms with Crippen molar-refractivity contribution in [1.29, 1.82) is 0 Å². The number of nitrogens with one attached hydrogen (secondary N) is 2. The number of fused-ring (bicyclic) bond motifs is 4. The zero-order valence-electron chi connectivity index (χ0n) is 50.4. The first-order valence-electron chi connectivity index (χ1n) is 29.4. The van der Waals surface area contributed by atoms with Gasteiger partial charge >= 0.3 is 21.1 Å². The molecule has 0 spiro atoms. The highest BCUT2D eigenvalue weighted by Crippen LogP contribution is 2.65. The molecule has 4 aromatic carbocycles. The Hall–Kier alpha value is -5.28. The average molecular weight is 1180 g/mol. The summed E-state index contributed by atoms with van der Waals surface area (Å²) in [5.74, 6) is -1.03. The van der Waals surface area contributed by atoms with E-state index in [9.17, 15) is 27.2 Å². The molecule has 446 valence electrons. The van der Waals surface area contributed by atoms with Crippen LogP contribution in [0.2, 0.25) is 5.02 Å². The summed E-state index contributed by atoms with van der Waals surface area (Å²) in [4.78, 5) is 34.1. The van der Waals surface area contributed by atoms with Crippen LogP contribution in [0.4, 0.5) is 28.9 Å². The molecular weight excluding hydrogens is 1100 g/mol. The fourth-order valence-corrected chi connectivity index (χ4v) is 13.5. The summed E-state index contributed by atoms with van der Waals surface area (Å²) < 4.78 is 94.4. The van der Waals surface area contributed by atoms with Crippen molar-refractivity contribution in [2.24, 2.45) is 47.3 Å². The molecule has 4 saturated carbocycles. The van der Waals surface area contributed by atoms with E-state index in [-0.39, 0.29) is 58.1 Å². The molecule has 0 bridgehead atoms. The van der Waals surface area contributed by atoms with Gasteiger partial charge in [-0.25, -0.2) is 27.5 Å². The Kier molecular flexibility index (Phi) is 15.5. The third-order valence-corrected chi connectivity index (χ3v) is 20.8. The molecule has 5 heterocycles. The maximum Gasteiger partial charge on any atom is 0.494 e. The molecule has 14 nitrogen and oxygen atoms in total. The number of amides is 2. The van der Waals surface area contributed by atoms with Gasteiger partial charge in [-0.15, -0.1) is 0 Å². The van der Waals surface area contributed by atoms with Gasteiger partial charge in [-0.1, -0.05) is 37.6 Å². The lowest BCUT2D eigenvalue weighted by molar-refractivity contribution is -0.121. The van der Waals surface area contributed by atoms with Crippen LogP contribution in [-0.4, -0.2) is 85.7 Å². The van der Waals surface area contributed by atoms with E-state index in [1.807, 2.05) is 130 Å². The van der Waals surface area contributed by atoms with Gasteiger partial charge in [-0.3, -0.25) is 9.59 Å². The summed E-state index contributed by atoms with van der Waals surface area (Å²) in [7, 11) is -1.39. The van der Waals surface area contributed by atoms with E-state index < -0.39 is 55.6 Å². The molecule has 0 radical (unpaired) electrons. The number of anilines is 2. The van der Waals surface area contributed by atoms with E-state index in [4.69, 9.17) is 39.5 Å². The molecule has 7 fully saturated rings. The Morgan fingerprint density at radius 2 is 0.821 bits per heavy atom. The molecule has 7 aliphatic rings. The van der Waals surface area contributed by atoms with Gasteiger partial charge in [0.05, 0.1) is 68.3 Å². The SMILES string of the molecule is CC1(C)OB(B2OC(C)(C)C(C)(C)O2)OC1(C)C.C[C@H](C(=O)Nc1ccc(B2OC(C)(C)C(C)(C)O2)cc1)C1[C@H]2CC(n3cnc4cc(F)c(F)cc43)C[C@@H]12.C[C@H](C(=O)Nc1ccc(Cl)cc1)C1[C@H]2CC(n3cnc4cc(F)c(F)cc43)C[C@@H]12. The Labute approximate surface area is 495 Å². The number of aromatic nitrogens is 4. The van der Waals surface area contributed by atoms with Crippen molar-refractivity contribution in [1.82, 2.24) is 19.1 Å². The van der Waals surface area contributed by atoms with Crippen molar-refractivity contribution in [3.8, 4) is 0 Å². The highest BCUT2D eigenvalue weighted by atomic mass is 35.5. The van der Waals surface area contributed by atoms with Crippen molar-refractivity contribution in [2.45, 2.75) is 168 Å². The first-order chi connectivity index (χ1) is 39.2. The third kappa shape index (κ3) is 11.3. The molecule has 3 saturated heterocycles. The molecular formula is C62H76B3ClF4N6O8. The standard InChI is InChI=1S/C28H32BF2N3O3.C22H20ClF2N3O.C12H24B2O4/c1-15(26(35)33-17-8-6-16(7-9-17)29-36-27(2,3)28(4,5)37-29)25-19-10-18(11-20(19)25)34-14-32-23-12-21(30)22(31)13-24(23)34;1-11(22(29)27-13-4-2-12(23)3-5-13)21-15-6-14(7-16(15)21)28-10-26-19-8-17(24)18(25)9-20(19)28;1-9(2)10(3,4)16-13(15-9)14-17-11(5,6)12(7,8)18-14/h6-9,12-15,18-20,25H,10-11H2,1-5H3,(H,33,35);2-5,8-11,14-16,21H,6-7H2,1H3,(H,27,29);1-8H3/t15-,18?,19-,20+,25?;11-,14?,15-,16+,21?;/m00./s1. The minimum absolute atomic E-state index is 0.0185. The van der Waals surface area contributed by atoms with Crippen LogP contribution in [0.1, 0.15) is 135 Å². The summed E-state index contributed by atoms with van der Waals surface area (Å²) in [6.45, 7) is 28.3. The number of imidazole rings is 2. The summed E-state index contributed by atoms with van der Waals surface area (Å²) in [5.41, 5.74) is 2.35. The van der Waals surface area contributed by atoms with Crippen molar-refractivity contribution < 1.29 is 55.1 Å². The summed E-state index contributed by atoms with van der Waals surface area (Å²) >= 11 is 5.89. The van der Waals surface area contributed by atoms with Gasteiger partial charge < -0.3 is 47.7 Å². The molecule has 2 N–H and O–H groups in total. The van der Waals surface area contributed by atoms with E-state index in [1.54, 1.807) is 36.9 Å². The van der Waals surface area contributed by atoms with Gasteiger partial charge in [-0.2, -0.15) is 0 Å². The summed E-state index contributed by atoms with van der Waals surface area (Å²) in [6, 6.07) is 19.9. The largest absolute Gasteiger partial charge is 0.494 e. The molecule has 10 atom stereocenters. The lowest BCUT2D eigenvalue weighted by Crippen LogP contribution is -2.41. The zero-order valence-corrected chi connectivity index (χ0v) is 51.1.